The van der Waals surface area contributed by atoms with Crippen LogP contribution in [0.25, 0.3) is 0 Å². The third-order valence-electron chi connectivity index (χ3n) is 3.53. The number of nitrogens with two attached hydrogens (primary N) is 1. The zero-order valence-electron chi connectivity index (χ0n) is 14.9. The first-order valence-corrected chi connectivity index (χ1v) is 8.22. The van der Waals surface area contributed by atoms with E-state index in [1.165, 1.54) is 0 Å². The second kappa shape index (κ2) is 10.4. The molecule has 2 aromatic rings. The number of hydrogen-bond acceptors (Lipinski definition) is 3. The summed E-state index contributed by atoms with van der Waals surface area (Å²) in [5.74, 6) is -0.204. The maximum Gasteiger partial charge on any atom is 0.319 e. The summed E-state index contributed by atoms with van der Waals surface area (Å²) in [6.07, 6.45) is 0. The van der Waals surface area contributed by atoms with E-state index in [1.807, 2.05) is 44.2 Å². The second-order valence-electron chi connectivity index (χ2n) is 6.06. The molecule has 0 radical (unpaired) electrons. The Bertz CT molecular complexity index is 705. The fourth-order valence-electron chi connectivity index (χ4n) is 2.26. The summed E-state index contributed by atoms with van der Waals surface area (Å²) in [5.41, 5.74) is 8.17. The highest BCUT2D eigenvalue weighted by molar-refractivity contribution is 5.95. The first-order valence-electron chi connectivity index (χ1n) is 8.22. The molecular formula is C19H25ClN4O2. The Kier molecular flexibility index (Phi) is 8.61. The van der Waals surface area contributed by atoms with Crippen LogP contribution in [0.15, 0.2) is 54.6 Å². The monoisotopic (exact) mass is 376 g/mol. The van der Waals surface area contributed by atoms with Gasteiger partial charge in [-0.15, -0.1) is 12.4 Å². The lowest BCUT2D eigenvalue weighted by Gasteiger charge is -2.13. The Morgan fingerprint density at radius 1 is 1.00 bits per heavy atom. The average Bonchev–Trinajstić information content (AvgIpc) is 2.60. The number of hydrogen-bond donors (Lipinski definition) is 4. The molecule has 1 atom stereocenters. The van der Waals surface area contributed by atoms with Gasteiger partial charge in [0.05, 0.1) is 0 Å². The lowest BCUT2D eigenvalue weighted by molar-refractivity contribution is 0.0951. The van der Waals surface area contributed by atoms with Gasteiger partial charge in [-0.3, -0.25) is 4.79 Å². The zero-order chi connectivity index (χ0) is 18.2. The van der Waals surface area contributed by atoms with Gasteiger partial charge >= 0.3 is 6.03 Å². The zero-order valence-corrected chi connectivity index (χ0v) is 15.7. The summed E-state index contributed by atoms with van der Waals surface area (Å²) in [6.45, 7) is 4.11. The molecule has 0 aliphatic rings. The molecule has 2 aromatic carbocycles. The third-order valence-corrected chi connectivity index (χ3v) is 3.53. The molecule has 0 aromatic heterocycles. The van der Waals surface area contributed by atoms with Crippen LogP contribution in [-0.4, -0.2) is 24.5 Å². The topological polar surface area (TPSA) is 96.2 Å². The molecule has 5 N–H and O–H groups in total. The van der Waals surface area contributed by atoms with Crippen LogP contribution in [0.4, 0.5) is 10.5 Å². The van der Waals surface area contributed by atoms with E-state index in [-0.39, 0.29) is 36.4 Å². The van der Waals surface area contributed by atoms with Gasteiger partial charge in [0.15, 0.2) is 0 Å². The molecule has 0 heterocycles. The van der Waals surface area contributed by atoms with Gasteiger partial charge < -0.3 is 21.7 Å². The highest BCUT2D eigenvalue weighted by Gasteiger charge is 2.10. The quantitative estimate of drug-likeness (QED) is 0.623. The standard InChI is InChI=1S/C19H24N4O2.ClH/c1-13(2)22-19(25)23-16-10-8-15(9-11-16)18(24)21-12-17(20)14-6-4-3-5-7-14;/h3-11,13,17H,12,20H2,1-2H3,(H,21,24)(H2,22,23,25);1H. The number of benzene rings is 2. The number of carbonyl (C=O) groups is 2. The lowest BCUT2D eigenvalue weighted by atomic mass is 10.1. The summed E-state index contributed by atoms with van der Waals surface area (Å²) in [7, 11) is 0. The summed E-state index contributed by atoms with van der Waals surface area (Å²) < 4.78 is 0. The minimum absolute atomic E-state index is 0. The second-order valence-corrected chi connectivity index (χ2v) is 6.06. The van der Waals surface area contributed by atoms with E-state index in [1.54, 1.807) is 24.3 Å². The molecular weight excluding hydrogens is 352 g/mol. The molecule has 140 valence electrons. The van der Waals surface area contributed by atoms with Crippen LogP contribution in [0.1, 0.15) is 35.8 Å². The number of anilines is 1. The van der Waals surface area contributed by atoms with Crippen LogP contribution in [0.3, 0.4) is 0 Å². The van der Waals surface area contributed by atoms with Crippen LogP contribution in [-0.2, 0) is 0 Å². The Morgan fingerprint density at radius 3 is 2.19 bits per heavy atom. The van der Waals surface area contributed by atoms with Crippen molar-refractivity contribution in [2.75, 3.05) is 11.9 Å². The number of carbonyl (C=O) groups excluding carboxylic acids is 2. The Hall–Kier alpha value is -2.57. The van der Waals surface area contributed by atoms with Gasteiger partial charge in [0, 0.05) is 29.9 Å². The number of nitrogens with one attached hydrogen (secondary N) is 3. The van der Waals surface area contributed by atoms with E-state index in [4.69, 9.17) is 5.73 Å². The molecule has 7 heteroatoms. The van der Waals surface area contributed by atoms with Crippen LogP contribution < -0.4 is 21.7 Å². The maximum absolute atomic E-state index is 12.2. The fourth-order valence-corrected chi connectivity index (χ4v) is 2.26. The molecule has 0 spiro atoms. The molecule has 26 heavy (non-hydrogen) atoms. The Labute approximate surface area is 160 Å². The van der Waals surface area contributed by atoms with Gasteiger partial charge in [-0.1, -0.05) is 30.3 Å². The number of halogens is 1. The normalized spacial score (nSPS) is 11.2. The van der Waals surface area contributed by atoms with Crippen molar-refractivity contribution < 1.29 is 9.59 Å². The Balaban J connectivity index is 0.00000338. The largest absolute Gasteiger partial charge is 0.350 e. The minimum atomic E-state index is -0.277. The van der Waals surface area contributed by atoms with Crippen LogP contribution >= 0.6 is 12.4 Å². The lowest BCUT2D eigenvalue weighted by Crippen LogP contribution is -2.34. The molecule has 6 nitrogen and oxygen atoms in total. The molecule has 0 saturated carbocycles. The van der Waals surface area contributed by atoms with E-state index < -0.39 is 0 Å². The fraction of sp³-hybridized carbons (Fsp3) is 0.263. The predicted octanol–water partition coefficient (Wildman–Crippen LogP) is 3.07. The van der Waals surface area contributed by atoms with Gasteiger partial charge in [0.25, 0.3) is 5.91 Å². The smallest absolute Gasteiger partial charge is 0.319 e. The van der Waals surface area contributed by atoms with Crippen molar-refractivity contribution in [3.05, 3.63) is 65.7 Å². The van der Waals surface area contributed by atoms with Crippen molar-refractivity contribution in [1.29, 1.82) is 0 Å². The van der Waals surface area contributed by atoms with Crippen molar-refractivity contribution in [1.82, 2.24) is 10.6 Å². The number of rotatable bonds is 6. The summed E-state index contributed by atoms with van der Waals surface area (Å²) >= 11 is 0. The highest BCUT2D eigenvalue weighted by atomic mass is 35.5. The first-order chi connectivity index (χ1) is 12.0. The van der Waals surface area contributed by atoms with E-state index in [9.17, 15) is 9.59 Å². The summed E-state index contributed by atoms with van der Waals surface area (Å²) in [4.78, 5) is 23.8. The Morgan fingerprint density at radius 2 is 1.62 bits per heavy atom. The van der Waals surface area contributed by atoms with E-state index in [0.717, 1.165) is 5.56 Å². The molecule has 0 bridgehead atoms. The molecule has 3 amide bonds. The van der Waals surface area contributed by atoms with Crippen molar-refractivity contribution >= 4 is 30.0 Å². The molecule has 0 aliphatic heterocycles. The van der Waals surface area contributed by atoms with Crippen LogP contribution in [0.5, 0.6) is 0 Å². The van der Waals surface area contributed by atoms with E-state index in [0.29, 0.717) is 17.8 Å². The van der Waals surface area contributed by atoms with Crippen molar-refractivity contribution in [3.8, 4) is 0 Å². The van der Waals surface area contributed by atoms with Crippen LogP contribution in [0, 0.1) is 0 Å². The van der Waals surface area contributed by atoms with Gasteiger partial charge in [-0.2, -0.15) is 0 Å². The van der Waals surface area contributed by atoms with Gasteiger partial charge in [-0.25, -0.2) is 4.79 Å². The molecule has 0 aliphatic carbocycles. The van der Waals surface area contributed by atoms with Gasteiger partial charge in [0.1, 0.15) is 0 Å². The average molecular weight is 377 g/mol. The maximum atomic E-state index is 12.2. The number of amides is 3. The minimum Gasteiger partial charge on any atom is -0.350 e. The predicted molar refractivity (Wildman–Crippen MR) is 107 cm³/mol. The van der Waals surface area contributed by atoms with E-state index in [2.05, 4.69) is 16.0 Å². The van der Waals surface area contributed by atoms with Crippen LogP contribution in [0.2, 0.25) is 0 Å². The van der Waals surface area contributed by atoms with E-state index >= 15 is 0 Å². The van der Waals surface area contributed by atoms with Gasteiger partial charge in [-0.05, 0) is 43.7 Å². The highest BCUT2D eigenvalue weighted by Crippen LogP contribution is 2.11. The van der Waals surface area contributed by atoms with Crippen molar-refractivity contribution in [3.63, 3.8) is 0 Å². The third kappa shape index (κ3) is 6.74. The first kappa shape index (κ1) is 21.5. The number of urea groups is 1. The summed E-state index contributed by atoms with van der Waals surface area (Å²) in [5, 5.41) is 8.26. The molecule has 0 saturated heterocycles. The summed E-state index contributed by atoms with van der Waals surface area (Å²) in [6, 6.07) is 15.8. The SMILES string of the molecule is CC(C)NC(=O)Nc1ccc(C(=O)NCC(N)c2ccccc2)cc1.Cl. The molecule has 0 fully saturated rings. The van der Waals surface area contributed by atoms with Gasteiger partial charge in [0.2, 0.25) is 0 Å². The molecule has 2 rings (SSSR count). The molecule has 1 unspecified atom stereocenters. The van der Waals surface area contributed by atoms with Crippen molar-refractivity contribution in [2.45, 2.75) is 25.9 Å². The van der Waals surface area contributed by atoms with Crippen molar-refractivity contribution in [2.24, 2.45) is 5.73 Å².